The van der Waals surface area contributed by atoms with E-state index in [2.05, 4.69) is 0 Å². The minimum atomic E-state index is -3.03. The van der Waals surface area contributed by atoms with E-state index in [0.717, 1.165) is 19.3 Å². The Morgan fingerprint density at radius 2 is 2.21 bits per heavy atom. The molecule has 1 aliphatic rings. The fraction of sp³-hybridized carbons (Fsp3) is 1.00. The number of alkyl halides is 2. The summed E-state index contributed by atoms with van der Waals surface area (Å²) in [6, 6.07) is 0. The molecule has 1 rings (SSSR count). The van der Waals surface area contributed by atoms with Crippen LogP contribution in [0.4, 0.5) is 8.78 Å². The van der Waals surface area contributed by atoms with Crippen molar-refractivity contribution in [2.45, 2.75) is 37.9 Å². The fourth-order valence-corrected chi connectivity index (χ4v) is 1.26. The Labute approximate surface area is 82.0 Å². The van der Waals surface area contributed by atoms with Crippen LogP contribution in [0, 0.1) is 0 Å². The highest BCUT2D eigenvalue weighted by Crippen LogP contribution is 2.19. The molecular formula is C9H16F2O3. The zero-order chi connectivity index (χ0) is 10.4. The van der Waals surface area contributed by atoms with Gasteiger partial charge >= 0.3 is 0 Å². The zero-order valence-corrected chi connectivity index (χ0v) is 8.05. The molecule has 0 aliphatic carbocycles. The molecule has 0 radical (unpaired) electrons. The predicted octanol–water partition coefficient (Wildman–Crippen LogP) is 1.55. The van der Waals surface area contributed by atoms with Gasteiger partial charge in [-0.2, -0.15) is 0 Å². The van der Waals surface area contributed by atoms with Gasteiger partial charge in [0.15, 0.2) is 6.29 Å². The van der Waals surface area contributed by atoms with Crippen molar-refractivity contribution in [2.75, 3.05) is 19.8 Å². The van der Waals surface area contributed by atoms with Gasteiger partial charge in [0.25, 0.3) is 5.92 Å². The van der Waals surface area contributed by atoms with Crippen molar-refractivity contribution < 1.29 is 23.4 Å². The van der Waals surface area contributed by atoms with Gasteiger partial charge in [-0.25, -0.2) is 8.78 Å². The van der Waals surface area contributed by atoms with Crippen molar-refractivity contribution in [3.8, 4) is 0 Å². The third kappa shape index (κ3) is 4.30. The second kappa shape index (κ2) is 5.58. The molecule has 0 unspecified atom stereocenters. The van der Waals surface area contributed by atoms with Gasteiger partial charge in [-0.3, -0.25) is 0 Å². The molecule has 0 amide bonds. The first-order chi connectivity index (χ1) is 6.64. The number of aliphatic hydroxyl groups is 1. The maximum atomic E-state index is 12.5. The number of rotatable bonds is 5. The van der Waals surface area contributed by atoms with Crippen LogP contribution in [0.1, 0.15) is 25.7 Å². The normalized spacial score (nSPS) is 23.8. The first kappa shape index (κ1) is 11.8. The van der Waals surface area contributed by atoms with E-state index in [1.54, 1.807) is 0 Å². The van der Waals surface area contributed by atoms with E-state index in [4.69, 9.17) is 14.6 Å². The Morgan fingerprint density at radius 3 is 2.79 bits per heavy atom. The van der Waals surface area contributed by atoms with E-state index in [-0.39, 0.29) is 12.9 Å². The van der Waals surface area contributed by atoms with Crippen molar-refractivity contribution >= 4 is 0 Å². The molecule has 0 aromatic heterocycles. The Balaban J connectivity index is 2.08. The largest absolute Gasteiger partial charge is 0.390 e. The summed E-state index contributed by atoms with van der Waals surface area (Å²) in [7, 11) is 0. The lowest BCUT2D eigenvalue weighted by molar-refractivity contribution is -0.174. The maximum Gasteiger partial charge on any atom is 0.272 e. The van der Waals surface area contributed by atoms with Crippen LogP contribution in [0.25, 0.3) is 0 Å². The monoisotopic (exact) mass is 210 g/mol. The van der Waals surface area contributed by atoms with Crippen molar-refractivity contribution in [1.29, 1.82) is 0 Å². The second-order valence-corrected chi connectivity index (χ2v) is 3.43. The molecule has 3 nitrogen and oxygen atoms in total. The summed E-state index contributed by atoms with van der Waals surface area (Å²) >= 11 is 0. The smallest absolute Gasteiger partial charge is 0.272 e. The topological polar surface area (TPSA) is 38.7 Å². The molecule has 1 atom stereocenters. The van der Waals surface area contributed by atoms with Gasteiger partial charge in [0.2, 0.25) is 0 Å². The Hall–Kier alpha value is -0.260. The highest BCUT2D eigenvalue weighted by molar-refractivity contribution is 4.63. The van der Waals surface area contributed by atoms with Crippen molar-refractivity contribution in [1.82, 2.24) is 0 Å². The lowest BCUT2D eigenvalue weighted by Crippen LogP contribution is -2.27. The summed E-state index contributed by atoms with van der Waals surface area (Å²) in [4.78, 5) is 0. The minimum Gasteiger partial charge on any atom is -0.390 e. The standard InChI is InChI=1S/C9H16F2O3/c10-9(11,7-12)4-6-14-8-3-1-2-5-13-8/h8,12H,1-7H2/t8-/m1/s1. The highest BCUT2D eigenvalue weighted by Gasteiger charge is 2.27. The molecule has 1 heterocycles. The molecule has 0 spiro atoms. The summed E-state index contributed by atoms with van der Waals surface area (Å²) in [5.41, 5.74) is 0. The molecule has 0 aromatic carbocycles. The average Bonchev–Trinajstić information content (AvgIpc) is 2.19. The van der Waals surface area contributed by atoms with Crippen LogP contribution >= 0.6 is 0 Å². The van der Waals surface area contributed by atoms with Crippen LogP contribution in [0.5, 0.6) is 0 Å². The molecule has 1 saturated heterocycles. The summed E-state index contributed by atoms with van der Waals surface area (Å²) in [6.07, 6.45) is 2.00. The number of aliphatic hydroxyl groups excluding tert-OH is 1. The van der Waals surface area contributed by atoms with Gasteiger partial charge in [-0.15, -0.1) is 0 Å². The Bertz CT molecular complexity index is 158. The molecule has 1 fully saturated rings. The van der Waals surface area contributed by atoms with Crippen LogP contribution in [-0.2, 0) is 9.47 Å². The average molecular weight is 210 g/mol. The molecule has 0 aromatic rings. The highest BCUT2D eigenvalue weighted by atomic mass is 19.3. The molecule has 0 saturated carbocycles. The van der Waals surface area contributed by atoms with E-state index < -0.39 is 19.0 Å². The van der Waals surface area contributed by atoms with Crippen molar-refractivity contribution in [2.24, 2.45) is 0 Å². The molecule has 0 bridgehead atoms. The Kier molecular flexibility index (Phi) is 4.71. The van der Waals surface area contributed by atoms with Gasteiger partial charge in [-0.1, -0.05) is 0 Å². The summed E-state index contributed by atoms with van der Waals surface area (Å²) in [6.45, 7) is -0.554. The summed E-state index contributed by atoms with van der Waals surface area (Å²) < 4.78 is 35.4. The third-order valence-electron chi connectivity index (χ3n) is 2.14. The van der Waals surface area contributed by atoms with Gasteiger partial charge in [-0.05, 0) is 19.3 Å². The fourth-order valence-electron chi connectivity index (χ4n) is 1.26. The number of hydrogen-bond donors (Lipinski definition) is 1. The second-order valence-electron chi connectivity index (χ2n) is 3.43. The lowest BCUT2D eigenvalue weighted by atomic mass is 10.2. The van der Waals surface area contributed by atoms with Gasteiger partial charge in [0.05, 0.1) is 6.61 Å². The van der Waals surface area contributed by atoms with Crippen LogP contribution in [0.2, 0.25) is 0 Å². The van der Waals surface area contributed by atoms with E-state index >= 15 is 0 Å². The van der Waals surface area contributed by atoms with E-state index in [1.165, 1.54) is 0 Å². The molecule has 1 aliphatic heterocycles. The molecule has 1 N–H and O–H groups in total. The summed E-state index contributed by atoms with van der Waals surface area (Å²) in [5, 5.41) is 8.29. The van der Waals surface area contributed by atoms with Crippen LogP contribution in [-0.4, -0.2) is 37.1 Å². The van der Waals surface area contributed by atoms with Crippen LogP contribution in [0.15, 0.2) is 0 Å². The number of ether oxygens (including phenoxy) is 2. The van der Waals surface area contributed by atoms with Gasteiger partial charge in [0, 0.05) is 13.0 Å². The first-order valence-electron chi connectivity index (χ1n) is 4.86. The third-order valence-corrected chi connectivity index (χ3v) is 2.14. The minimum absolute atomic E-state index is 0.0712. The van der Waals surface area contributed by atoms with Crippen molar-refractivity contribution in [3.63, 3.8) is 0 Å². The molecule has 14 heavy (non-hydrogen) atoms. The van der Waals surface area contributed by atoms with Gasteiger partial charge in [0.1, 0.15) is 6.61 Å². The molecule has 5 heteroatoms. The lowest BCUT2D eigenvalue weighted by Gasteiger charge is -2.23. The predicted molar refractivity (Wildman–Crippen MR) is 46.2 cm³/mol. The molecule has 84 valence electrons. The van der Waals surface area contributed by atoms with Crippen molar-refractivity contribution in [3.05, 3.63) is 0 Å². The first-order valence-corrected chi connectivity index (χ1v) is 4.86. The molecular weight excluding hydrogens is 194 g/mol. The van der Waals surface area contributed by atoms with Crippen LogP contribution in [0.3, 0.4) is 0 Å². The van der Waals surface area contributed by atoms with E-state index in [0.29, 0.717) is 6.61 Å². The van der Waals surface area contributed by atoms with Crippen LogP contribution < -0.4 is 0 Å². The summed E-state index contributed by atoms with van der Waals surface area (Å²) in [5.74, 6) is -3.03. The van der Waals surface area contributed by atoms with E-state index in [9.17, 15) is 8.78 Å². The zero-order valence-electron chi connectivity index (χ0n) is 8.05. The quantitative estimate of drug-likeness (QED) is 0.748. The van der Waals surface area contributed by atoms with E-state index in [1.807, 2.05) is 0 Å². The Morgan fingerprint density at radius 1 is 1.43 bits per heavy atom. The number of halogens is 2. The maximum absolute atomic E-state index is 12.5. The number of hydrogen-bond acceptors (Lipinski definition) is 3. The van der Waals surface area contributed by atoms with Gasteiger partial charge < -0.3 is 14.6 Å². The SMILES string of the molecule is OCC(F)(F)CCO[C@@H]1CCCCO1.